The summed E-state index contributed by atoms with van der Waals surface area (Å²) in [7, 11) is 2.19. The minimum atomic E-state index is -1.36. The number of carboxylic acids is 1. The summed E-state index contributed by atoms with van der Waals surface area (Å²) in [5, 5.41) is 9.49. The Balaban J connectivity index is 3.17. The van der Waals surface area contributed by atoms with Crippen LogP contribution in [0.3, 0.4) is 0 Å². The first-order valence-electron chi connectivity index (χ1n) is 10.5. The number of rotatable bonds is 12. The van der Waals surface area contributed by atoms with Gasteiger partial charge >= 0.3 is 24.2 Å². The summed E-state index contributed by atoms with van der Waals surface area (Å²) in [6, 6.07) is 2.71. The van der Waals surface area contributed by atoms with E-state index in [-0.39, 0.29) is 30.3 Å². The van der Waals surface area contributed by atoms with E-state index < -0.39 is 36.3 Å². The van der Waals surface area contributed by atoms with Crippen molar-refractivity contribution in [3.63, 3.8) is 0 Å². The standard InChI is InChI=1S/C22H31NO10/c1-5-6-7-8-18(24)31-13(2)11-15(19(23)20(25)26)14-9-10-16(32-21(27)29-3)17(12-14)33-22(28)30-4/h9-10,12-13,15,19H,5-8,11,23H2,1-4H3,(H,25,26)/t13?,15?,19-/m0/s1. The maximum atomic E-state index is 12.0. The molecule has 0 aliphatic heterocycles. The quantitative estimate of drug-likeness (QED) is 0.200. The van der Waals surface area contributed by atoms with Gasteiger partial charge < -0.3 is 34.5 Å². The van der Waals surface area contributed by atoms with Crippen LogP contribution in [0.2, 0.25) is 0 Å². The highest BCUT2D eigenvalue weighted by molar-refractivity contribution is 5.75. The van der Waals surface area contributed by atoms with Gasteiger partial charge in [0.15, 0.2) is 11.5 Å². The molecule has 1 aromatic rings. The fourth-order valence-corrected chi connectivity index (χ4v) is 3.05. The molecule has 11 heteroatoms. The molecule has 0 saturated carbocycles. The van der Waals surface area contributed by atoms with Gasteiger partial charge in [-0.05, 0) is 37.5 Å². The molecular formula is C22H31NO10. The predicted molar refractivity (Wildman–Crippen MR) is 115 cm³/mol. The molecule has 0 aliphatic rings. The van der Waals surface area contributed by atoms with Gasteiger partial charge in [0.05, 0.1) is 20.3 Å². The summed E-state index contributed by atoms with van der Waals surface area (Å²) in [5.41, 5.74) is 6.27. The molecule has 0 radical (unpaired) electrons. The zero-order chi connectivity index (χ0) is 25.0. The van der Waals surface area contributed by atoms with E-state index in [0.717, 1.165) is 27.1 Å². The van der Waals surface area contributed by atoms with Gasteiger partial charge in [-0.25, -0.2) is 9.59 Å². The number of hydrogen-bond donors (Lipinski definition) is 2. The van der Waals surface area contributed by atoms with Gasteiger partial charge in [0.2, 0.25) is 0 Å². The van der Waals surface area contributed by atoms with E-state index in [0.29, 0.717) is 12.0 Å². The minimum Gasteiger partial charge on any atom is -0.480 e. The number of esters is 1. The molecule has 0 aliphatic carbocycles. The second-order valence-electron chi connectivity index (χ2n) is 7.28. The normalized spacial score (nSPS) is 13.2. The maximum Gasteiger partial charge on any atom is 0.513 e. The van der Waals surface area contributed by atoms with Crippen LogP contribution in [-0.4, -0.2) is 55.7 Å². The minimum absolute atomic E-state index is 0.0852. The van der Waals surface area contributed by atoms with E-state index in [9.17, 15) is 24.3 Å². The summed E-state index contributed by atoms with van der Waals surface area (Å²) in [5.74, 6) is -2.85. The van der Waals surface area contributed by atoms with Gasteiger partial charge in [-0.1, -0.05) is 25.8 Å². The van der Waals surface area contributed by atoms with Crippen LogP contribution in [0.5, 0.6) is 11.5 Å². The van der Waals surface area contributed by atoms with Crippen LogP contribution >= 0.6 is 0 Å². The molecule has 1 aromatic carbocycles. The average Bonchev–Trinajstić information content (AvgIpc) is 2.77. The fraction of sp³-hybridized carbons (Fsp3) is 0.545. The Kier molecular flexibility index (Phi) is 11.7. The molecule has 3 N–H and O–H groups in total. The Morgan fingerprint density at radius 3 is 2.15 bits per heavy atom. The summed E-state index contributed by atoms with van der Waals surface area (Å²) in [6.45, 7) is 3.66. The summed E-state index contributed by atoms with van der Waals surface area (Å²) >= 11 is 0. The molecule has 0 bridgehead atoms. The van der Waals surface area contributed by atoms with Gasteiger partial charge in [-0.3, -0.25) is 9.59 Å². The van der Waals surface area contributed by atoms with Crippen molar-refractivity contribution in [3.05, 3.63) is 23.8 Å². The van der Waals surface area contributed by atoms with E-state index in [1.54, 1.807) is 6.92 Å². The summed E-state index contributed by atoms with van der Waals surface area (Å²) in [6.07, 6.45) is 0.145. The van der Waals surface area contributed by atoms with Crippen LogP contribution in [-0.2, 0) is 23.8 Å². The fourth-order valence-electron chi connectivity index (χ4n) is 3.05. The van der Waals surface area contributed by atoms with E-state index in [1.807, 2.05) is 6.92 Å². The molecule has 0 heterocycles. The molecule has 0 amide bonds. The van der Waals surface area contributed by atoms with Crippen molar-refractivity contribution in [2.75, 3.05) is 14.2 Å². The van der Waals surface area contributed by atoms with Crippen molar-refractivity contribution in [1.29, 1.82) is 0 Å². The number of ether oxygens (including phenoxy) is 5. The van der Waals surface area contributed by atoms with E-state index in [1.165, 1.54) is 18.2 Å². The third kappa shape index (κ3) is 9.36. The zero-order valence-electron chi connectivity index (χ0n) is 19.2. The SMILES string of the molecule is CCCCCC(=O)OC(C)CC(c1ccc(OC(=O)OC)c(OC(=O)OC)c1)[C@H](N)C(=O)O. The number of unbranched alkanes of at least 4 members (excludes halogenated alkanes) is 2. The number of nitrogens with two attached hydrogens (primary N) is 1. The third-order valence-corrected chi connectivity index (χ3v) is 4.74. The first kappa shape index (κ1) is 27.7. The van der Waals surface area contributed by atoms with Crippen molar-refractivity contribution >= 4 is 24.2 Å². The average molecular weight is 469 g/mol. The van der Waals surface area contributed by atoms with E-state index in [4.69, 9.17) is 19.9 Å². The van der Waals surface area contributed by atoms with E-state index in [2.05, 4.69) is 9.47 Å². The van der Waals surface area contributed by atoms with Crippen molar-refractivity contribution in [1.82, 2.24) is 0 Å². The second kappa shape index (κ2) is 13.9. The van der Waals surface area contributed by atoms with Gasteiger partial charge in [0.25, 0.3) is 0 Å². The summed E-state index contributed by atoms with van der Waals surface area (Å²) in [4.78, 5) is 46.8. The molecule has 33 heavy (non-hydrogen) atoms. The first-order chi connectivity index (χ1) is 15.6. The van der Waals surface area contributed by atoms with Gasteiger partial charge in [-0.2, -0.15) is 0 Å². The lowest BCUT2D eigenvalue weighted by Gasteiger charge is -2.25. The number of carbonyl (C=O) groups is 4. The van der Waals surface area contributed by atoms with Crippen LogP contribution in [0.15, 0.2) is 18.2 Å². The van der Waals surface area contributed by atoms with Crippen molar-refractivity contribution in [2.45, 2.75) is 64.0 Å². The molecular weight excluding hydrogens is 438 g/mol. The summed E-state index contributed by atoms with van der Waals surface area (Å²) < 4.78 is 24.3. The first-order valence-corrected chi connectivity index (χ1v) is 10.5. The molecule has 11 nitrogen and oxygen atoms in total. The van der Waals surface area contributed by atoms with Gasteiger partial charge in [0, 0.05) is 12.3 Å². The van der Waals surface area contributed by atoms with Crippen LogP contribution in [0.4, 0.5) is 9.59 Å². The number of carbonyl (C=O) groups excluding carboxylic acids is 3. The van der Waals surface area contributed by atoms with Crippen LogP contribution in [0, 0.1) is 0 Å². The van der Waals surface area contributed by atoms with E-state index >= 15 is 0 Å². The largest absolute Gasteiger partial charge is 0.513 e. The smallest absolute Gasteiger partial charge is 0.480 e. The topological polar surface area (TPSA) is 161 Å². The third-order valence-electron chi connectivity index (χ3n) is 4.74. The molecule has 0 aromatic heterocycles. The molecule has 3 atom stereocenters. The zero-order valence-corrected chi connectivity index (χ0v) is 19.2. The number of methoxy groups -OCH3 is 2. The number of aliphatic carboxylic acids is 1. The lowest BCUT2D eigenvalue weighted by atomic mass is 9.87. The molecule has 1 rings (SSSR count). The monoisotopic (exact) mass is 469 g/mol. The van der Waals surface area contributed by atoms with Gasteiger partial charge in [-0.15, -0.1) is 0 Å². The molecule has 0 saturated heterocycles. The van der Waals surface area contributed by atoms with Gasteiger partial charge in [0.1, 0.15) is 6.04 Å². The number of hydrogen-bond acceptors (Lipinski definition) is 10. The predicted octanol–water partition coefficient (Wildman–Crippen LogP) is 3.37. The maximum absolute atomic E-state index is 12.0. The Hall–Kier alpha value is -3.34. The van der Waals surface area contributed by atoms with Crippen molar-refractivity contribution < 1.29 is 48.0 Å². The Morgan fingerprint density at radius 1 is 1.00 bits per heavy atom. The Bertz CT molecular complexity index is 825. The molecule has 0 fully saturated rings. The molecule has 0 spiro atoms. The number of benzene rings is 1. The highest BCUT2D eigenvalue weighted by Gasteiger charge is 2.30. The van der Waals surface area contributed by atoms with Crippen LogP contribution in [0.1, 0.15) is 57.4 Å². The highest BCUT2D eigenvalue weighted by atomic mass is 16.7. The molecule has 2 unspecified atom stereocenters. The van der Waals surface area contributed by atoms with Crippen molar-refractivity contribution in [3.8, 4) is 11.5 Å². The highest BCUT2D eigenvalue weighted by Crippen LogP contribution is 2.35. The second-order valence-corrected chi connectivity index (χ2v) is 7.28. The van der Waals surface area contributed by atoms with Crippen molar-refractivity contribution in [2.24, 2.45) is 5.73 Å². The molecule has 184 valence electrons. The van der Waals surface area contributed by atoms with Crippen LogP contribution in [0.25, 0.3) is 0 Å². The Morgan fingerprint density at radius 2 is 1.61 bits per heavy atom. The lowest BCUT2D eigenvalue weighted by Crippen LogP contribution is -2.38. The number of carboxylic acid groups (broad SMARTS) is 1. The lowest BCUT2D eigenvalue weighted by molar-refractivity contribution is -0.149. The Labute approximate surface area is 192 Å². The van der Waals surface area contributed by atoms with Crippen LogP contribution < -0.4 is 15.2 Å².